The van der Waals surface area contributed by atoms with Crippen LogP contribution in [0, 0.1) is 5.41 Å². The van der Waals surface area contributed by atoms with Gasteiger partial charge in [0, 0.05) is 37.1 Å². The average Bonchev–Trinajstić information content (AvgIpc) is 3.80. The molecule has 3 heterocycles. The van der Waals surface area contributed by atoms with Gasteiger partial charge in [0.1, 0.15) is 36.3 Å². The highest BCUT2D eigenvalue weighted by Gasteiger charge is 2.50. The smallest absolute Gasteiger partial charge is 0.386 e. The second kappa shape index (κ2) is 28.3. The van der Waals surface area contributed by atoms with Crippen LogP contribution in [0.5, 0.6) is 0 Å². The molecule has 1 saturated heterocycles. The molecule has 0 saturated carbocycles. The summed E-state index contributed by atoms with van der Waals surface area (Å²) in [7, 11) is -16.4. The zero-order valence-electron chi connectivity index (χ0n) is 37.7. The Kier molecular flexibility index (Phi) is 24.8. The molecule has 1 aliphatic heterocycles. The molecule has 2 aromatic heterocycles. The van der Waals surface area contributed by atoms with E-state index >= 15 is 0 Å². The molecule has 66 heavy (non-hydrogen) atoms. The number of anilines is 1. The summed E-state index contributed by atoms with van der Waals surface area (Å²) < 4.78 is 62.4. The molecular formula is C38H68N7O17P3S. The summed E-state index contributed by atoms with van der Waals surface area (Å²) in [5.74, 6) is -1.02. The number of carbonyl (C=O) groups is 3. The van der Waals surface area contributed by atoms with Gasteiger partial charge in [-0.1, -0.05) is 116 Å². The minimum Gasteiger partial charge on any atom is -0.386 e. The molecule has 0 radical (unpaired) electrons. The Hall–Kier alpha value is -2.44. The lowest BCUT2D eigenvalue weighted by molar-refractivity contribution is -0.137. The summed E-state index contributed by atoms with van der Waals surface area (Å²) >= 11 is 1.16. The summed E-state index contributed by atoms with van der Waals surface area (Å²) in [5, 5.41) is 26.7. The number of aliphatic hydroxyl groups excluding tert-OH is 2. The van der Waals surface area contributed by atoms with Gasteiger partial charge in [-0.25, -0.2) is 28.6 Å². The highest BCUT2D eigenvalue weighted by atomic mass is 32.2. The zero-order chi connectivity index (χ0) is 49.0. The Morgan fingerprint density at radius 2 is 1.45 bits per heavy atom. The third-order valence-electron chi connectivity index (χ3n) is 10.5. The number of imidazole rings is 1. The number of unbranched alkanes of at least 4 members (excludes halogenated alkanes) is 13. The van der Waals surface area contributed by atoms with Crippen LogP contribution in [-0.2, 0) is 50.7 Å². The SMILES string of the molecule is CCCCCCCCCCCCCCCCC(=O)SCCNC(=O)CCNC(=O)C(O)C(C)(C)COP(=O)(O)OP(=O)(O)OC[C@H]1O[C@@H](n2cnc3c(N)ncnc32)[C@H](O)[C@@H]1OP(=O)(O)O. The van der Waals surface area contributed by atoms with Crippen molar-refractivity contribution in [2.24, 2.45) is 5.41 Å². The molecular weight excluding hydrogens is 951 g/mol. The van der Waals surface area contributed by atoms with Gasteiger partial charge >= 0.3 is 23.5 Å². The predicted octanol–water partition coefficient (Wildman–Crippen LogP) is 4.54. The molecule has 1 fully saturated rings. The van der Waals surface area contributed by atoms with Gasteiger partial charge < -0.3 is 50.9 Å². The lowest BCUT2D eigenvalue weighted by atomic mass is 9.87. The Labute approximate surface area is 388 Å². The van der Waals surface area contributed by atoms with Crippen LogP contribution in [0.15, 0.2) is 12.7 Å². The second-order valence-corrected chi connectivity index (χ2v) is 22.0. The number of aliphatic hydroxyl groups is 2. The van der Waals surface area contributed by atoms with Crippen LogP contribution >= 0.6 is 35.2 Å². The number of nitrogens with two attached hydrogens (primary N) is 1. The lowest BCUT2D eigenvalue weighted by Crippen LogP contribution is -2.46. The molecule has 28 heteroatoms. The molecule has 24 nitrogen and oxygen atoms in total. The van der Waals surface area contributed by atoms with Gasteiger partial charge in [-0.15, -0.1) is 0 Å². The highest BCUT2D eigenvalue weighted by Crippen LogP contribution is 2.61. The Balaban J connectivity index is 1.31. The van der Waals surface area contributed by atoms with E-state index in [-0.39, 0.29) is 41.6 Å². The monoisotopic (exact) mass is 1020 g/mol. The Morgan fingerprint density at radius 3 is 2.06 bits per heavy atom. The number of hydrogen-bond donors (Lipinski definition) is 9. The molecule has 10 N–H and O–H groups in total. The van der Waals surface area contributed by atoms with Crippen molar-refractivity contribution in [2.45, 2.75) is 154 Å². The van der Waals surface area contributed by atoms with Crippen molar-refractivity contribution in [2.75, 3.05) is 37.8 Å². The molecule has 3 unspecified atom stereocenters. The number of nitrogens with one attached hydrogen (secondary N) is 2. The number of phosphoric ester groups is 3. The zero-order valence-corrected chi connectivity index (χ0v) is 41.2. The first-order valence-corrected chi connectivity index (χ1v) is 27.6. The van der Waals surface area contributed by atoms with E-state index in [9.17, 15) is 57.9 Å². The summed E-state index contributed by atoms with van der Waals surface area (Å²) in [4.78, 5) is 88.3. The van der Waals surface area contributed by atoms with Crippen LogP contribution < -0.4 is 16.4 Å². The van der Waals surface area contributed by atoms with E-state index in [0.29, 0.717) is 12.2 Å². The van der Waals surface area contributed by atoms with E-state index < -0.39 is 84.6 Å². The van der Waals surface area contributed by atoms with Gasteiger partial charge in [-0.3, -0.25) is 32.5 Å². The Bertz CT molecular complexity index is 1980. The standard InChI is InChI=1S/C38H68N7O17P3S/c1-4-5-6-7-8-9-10-11-12-13-14-15-16-17-18-29(47)66-22-21-40-28(46)19-20-41-36(50)33(49)38(2,3)24-59-65(56,57)62-64(54,55)58-23-27-32(61-63(51,52)53)31(48)37(60-27)45-26-44-30-34(39)42-25-43-35(30)45/h25-27,31-33,37,48-49H,4-24H2,1-3H3,(H,40,46)(H,41,50)(H,54,55)(H,56,57)(H2,39,42,43)(H2,51,52,53)/t27-,31-,32-,33?,37-/m1/s1. The lowest BCUT2D eigenvalue weighted by Gasteiger charge is -2.30. The number of aromatic nitrogens is 4. The molecule has 0 bridgehead atoms. The molecule has 1 aliphatic rings. The van der Waals surface area contributed by atoms with Crippen molar-refractivity contribution >= 4 is 69.1 Å². The first-order chi connectivity index (χ1) is 31.1. The van der Waals surface area contributed by atoms with Gasteiger partial charge in [0.15, 0.2) is 22.8 Å². The Morgan fingerprint density at radius 1 is 0.864 bits per heavy atom. The number of nitrogens with zero attached hydrogens (tertiary/aromatic N) is 4. The highest BCUT2D eigenvalue weighted by molar-refractivity contribution is 8.13. The van der Waals surface area contributed by atoms with Crippen molar-refractivity contribution in [1.29, 1.82) is 0 Å². The minimum absolute atomic E-state index is 0.0339. The molecule has 7 atom stereocenters. The number of amides is 2. The van der Waals surface area contributed by atoms with E-state index in [1.807, 2.05) is 0 Å². The van der Waals surface area contributed by atoms with Crippen LogP contribution in [0.2, 0.25) is 0 Å². The number of hydrogen-bond acceptors (Lipinski definition) is 18. The second-order valence-electron chi connectivity index (χ2n) is 16.6. The summed E-state index contributed by atoms with van der Waals surface area (Å²) in [5.41, 5.74) is 4.29. The molecule has 3 rings (SSSR count). The molecule has 0 spiro atoms. The van der Waals surface area contributed by atoms with Gasteiger partial charge in [0.25, 0.3) is 0 Å². The van der Waals surface area contributed by atoms with Crippen molar-refractivity contribution < 1.29 is 80.5 Å². The van der Waals surface area contributed by atoms with Crippen molar-refractivity contribution in [3.8, 4) is 0 Å². The first kappa shape index (κ1) is 57.9. The number of fused-ring (bicyclic) bond motifs is 1. The van der Waals surface area contributed by atoms with E-state index in [1.165, 1.54) is 84.5 Å². The fraction of sp³-hybridized carbons (Fsp3) is 0.789. The van der Waals surface area contributed by atoms with Crippen LogP contribution in [0.4, 0.5) is 5.82 Å². The van der Waals surface area contributed by atoms with Gasteiger partial charge in [-0.2, -0.15) is 4.31 Å². The topological polar surface area (TPSA) is 364 Å². The third-order valence-corrected chi connectivity index (χ3v) is 14.5. The number of carbonyl (C=O) groups excluding carboxylic acids is 3. The molecule has 0 aliphatic carbocycles. The summed E-state index contributed by atoms with van der Waals surface area (Å²) in [6.45, 7) is 2.82. The van der Waals surface area contributed by atoms with Gasteiger partial charge in [0.05, 0.1) is 19.5 Å². The summed E-state index contributed by atoms with van der Waals surface area (Å²) in [6.07, 6.45) is 10.9. The third kappa shape index (κ3) is 21.1. The fourth-order valence-corrected chi connectivity index (χ4v) is 10.4. The van der Waals surface area contributed by atoms with E-state index in [0.717, 1.165) is 48.2 Å². The molecule has 2 amide bonds. The minimum atomic E-state index is -5.57. The summed E-state index contributed by atoms with van der Waals surface area (Å²) in [6, 6.07) is 0. The van der Waals surface area contributed by atoms with Crippen LogP contribution in [0.25, 0.3) is 11.2 Å². The quantitative estimate of drug-likeness (QED) is 0.0343. The van der Waals surface area contributed by atoms with Gasteiger partial charge in [0.2, 0.25) is 11.8 Å². The van der Waals surface area contributed by atoms with Crippen molar-refractivity contribution in [3.05, 3.63) is 12.7 Å². The van der Waals surface area contributed by atoms with Crippen LogP contribution in [0.3, 0.4) is 0 Å². The number of nitrogen functional groups attached to an aromatic ring is 1. The van der Waals surface area contributed by atoms with E-state index in [2.05, 4.69) is 41.3 Å². The van der Waals surface area contributed by atoms with Crippen molar-refractivity contribution in [1.82, 2.24) is 30.2 Å². The maximum Gasteiger partial charge on any atom is 0.481 e. The number of thioether (sulfide) groups is 1. The van der Waals surface area contributed by atoms with E-state index in [4.69, 9.17) is 19.5 Å². The molecule has 0 aromatic carbocycles. The maximum absolute atomic E-state index is 12.7. The fourth-order valence-electron chi connectivity index (χ4n) is 6.83. The number of ether oxygens (including phenoxy) is 1. The van der Waals surface area contributed by atoms with Crippen LogP contribution in [0.1, 0.15) is 130 Å². The normalized spacial score (nSPS) is 20.2. The van der Waals surface area contributed by atoms with Crippen LogP contribution in [-0.4, -0.2) is 123 Å². The molecule has 2 aromatic rings. The van der Waals surface area contributed by atoms with Crippen molar-refractivity contribution in [3.63, 3.8) is 0 Å². The maximum atomic E-state index is 12.7. The largest absolute Gasteiger partial charge is 0.481 e. The number of rotatable bonds is 34. The molecule has 378 valence electrons. The average molecular weight is 1020 g/mol. The predicted molar refractivity (Wildman–Crippen MR) is 242 cm³/mol. The number of phosphoric acid groups is 3. The first-order valence-electron chi connectivity index (χ1n) is 22.1. The van der Waals surface area contributed by atoms with E-state index in [1.54, 1.807) is 0 Å². The van der Waals surface area contributed by atoms with Gasteiger partial charge in [-0.05, 0) is 6.42 Å².